The first-order valence-electron chi connectivity index (χ1n) is 7.44. The molecule has 1 aromatic heterocycles. The summed E-state index contributed by atoms with van der Waals surface area (Å²) in [5.74, 6) is 0.331. The van der Waals surface area contributed by atoms with E-state index in [4.69, 9.17) is 13.9 Å². The number of benzene rings is 1. The van der Waals surface area contributed by atoms with Gasteiger partial charge in [0.05, 0.1) is 24.5 Å². The van der Waals surface area contributed by atoms with Crippen molar-refractivity contribution in [1.29, 1.82) is 0 Å². The quantitative estimate of drug-likeness (QED) is 0.635. The maximum absolute atomic E-state index is 12.3. The third kappa shape index (κ3) is 3.66. The van der Waals surface area contributed by atoms with Crippen LogP contribution in [0.3, 0.4) is 0 Å². The van der Waals surface area contributed by atoms with Crippen molar-refractivity contribution in [2.24, 2.45) is 0 Å². The van der Waals surface area contributed by atoms with E-state index >= 15 is 0 Å². The summed E-state index contributed by atoms with van der Waals surface area (Å²) in [5.41, 5.74) is 0.737. The van der Waals surface area contributed by atoms with Gasteiger partial charge in [0.15, 0.2) is 5.57 Å². The molecule has 0 radical (unpaired) electrons. The summed E-state index contributed by atoms with van der Waals surface area (Å²) in [4.78, 5) is 23.7. The molecule has 1 aliphatic rings. The van der Waals surface area contributed by atoms with Crippen LogP contribution >= 0.6 is 11.8 Å². The lowest BCUT2D eigenvalue weighted by molar-refractivity contribution is -0.136. The zero-order valence-corrected chi connectivity index (χ0v) is 14.4. The lowest BCUT2D eigenvalue weighted by Gasteiger charge is -2.06. The van der Waals surface area contributed by atoms with Crippen molar-refractivity contribution in [3.05, 3.63) is 35.2 Å². The number of nitrogens with zero attached hydrogens (tertiary/aromatic N) is 2. The maximum Gasteiger partial charge on any atom is 0.346 e. The Balaban J connectivity index is 1.96. The van der Waals surface area contributed by atoms with Gasteiger partial charge in [-0.2, -0.15) is 0 Å². The number of esters is 1. The molecule has 130 valence electrons. The largest absolute Gasteiger partial charge is 0.497 e. The van der Waals surface area contributed by atoms with Gasteiger partial charge >= 0.3 is 5.97 Å². The molecule has 0 aliphatic carbocycles. The number of carbonyl (C=O) groups is 2. The minimum atomic E-state index is -0.628. The van der Waals surface area contributed by atoms with Gasteiger partial charge in [0.2, 0.25) is 11.8 Å². The highest BCUT2D eigenvalue weighted by Crippen LogP contribution is 2.31. The Kier molecular flexibility index (Phi) is 5.03. The highest BCUT2D eigenvalue weighted by Gasteiger charge is 2.29. The number of carbonyl (C=O) groups excluding carboxylic acids is 2. The number of thioether (sulfide) groups is 1. The summed E-state index contributed by atoms with van der Waals surface area (Å²) in [6.45, 7) is 1.88. The van der Waals surface area contributed by atoms with Gasteiger partial charge in [-0.25, -0.2) is 4.79 Å². The Bertz CT molecular complexity index is 829. The van der Waals surface area contributed by atoms with E-state index < -0.39 is 5.97 Å². The average Bonchev–Trinajstić information content (AvgIpc) is 3.25. The van der Waals surface area contributed by atoms with Gasteiger partial charge in [0.1, 0.15) is 5.75 Å². The van der Waals surface area contributed by atoms with Crippen molar-refractivity contribution in [2.75, 3.05) is 19.5 Å². The van der Waals surface area contributed by atoms with Gasteiger partial charge in [-0.1, -0.05) is 11.8 Å². The molecule has 0 atom stereocenters. The number of hydrogen-bond donors (Lipinski definition) is 1. The van der Waals surface area contributed by atoms with E-state index in [-0.39, 0.29) is 35.6 Å². The molecule has 1 saturated heterocycles. The monoisotopic (exact) mass is 361 g/mol. The fourth-order valence-electron chi connectivity index (χ4n) is 2.13. The number of hydrogen-bond acceptors (Lipinski definition) is 8. The molecule has 3 rings (SSSR count). The molecule has 0 bridgehead atoms. The molecule has 1 aliphatic heterocycles. The van der Waals surface area contributed by atoms with Crippen LogP contribution in [-0.4, -0.2) is 41.5 Å². The van der Waals surface area contributed by atoms with Gasteiger partial charge in [-0.15, -0.1) is 10.2 Å². The molecule has 25 heavy (non-hydrogen) atoms. The summed E-state index contributed by atoms with van der Waals surface area (Å²) in [6.07, 6.45) is 0. The van der Waals surface area contributed by atoms with Crippen molar-refractivity contribution in [3.8, 4) is 17.2 Å². The summed E-state index contributed by atoms with van der Waals surface area (Å²) < 4.78 is 15.8. The highest BCUT2D eigenvalue weighted by atomic mass is 32.2. The van der Waals surface area contributed by atoms with Crippen LogP contribution in [0, 0.1) is 0 Å². The van der Waals surface area contributed by atoms with Crippen molar-refractivity contribution < 1.29 is 23.5 Å². The van der Waals surface area contributed by atoms with Gasteiger partial charge in [-0.05, 0) is 31.2 Å². The lowest BCUT2D eigenvalue weighted by atomic mass is 10.2. The fourth-order valence-corrected chi connectivity index (χ4v) is 2.97. The summed E-state index contributed by atoms with van der Waals surface area (Å²) in [6, 6.07) is 7.05. The molecule has 2 heterocycles. The van der Waals surface area contributed by atoms with Crippen LogP contribution in [0.2, 0.25) is 0 Å². The molecule has 0 saturated carbocycles. The number of nitrogens with one attached hydrogen (secondary N) is 1. The molecule has 2 aromatic rings. The molecule has 8 nitrogen and oxygen atoms in total. The van der Waals surface area contributed by atoms with E-state index in [0.29, 0.717) is 16.3 Å². The van der Waals surface area contributed by atoms with Crippen molar-refractivity contribution in [2.45, 2.75) is 6.92 Å². The van der Waals surface area contributed by atoms with Gasteiger partial charge < -0.3 is 19.2 Å². The molecule has 1 aromatic carbocycles. The molecule has 0 unspecified atom stereocenters. The number of methoxy groups -OCH3 is 1. The van der Waals surface area contributed by atoms with Gasteiger partial charge in [0.25, 0.3) is 5.89 Å². The van der Waals surface area contributed by atoms with Crippen LogP contribution < -0.4 is 10.1 Å². The first kappa shape index (κ1) is 17.0. The second-order valence-corrected chi connectivity index (χ2v) is 5.89. The first-order valence-corrected chi connectivity index (χ1v) is 8.43. The van der Waals surface area contributed by atoms with Gasteiger partial charge in [-0.3, -0.25) is 4.79 Å². The van der Waals surface area contributed by atoms with E-state index in [0.717, 1.165) is 0 Å². The molecule has 1 fully saturated rings. The predicted octanol–water partition coefficient (Wildman–Crippen LogP) is 1.84. The molecular weight excluding hydrogens is 346 g/mol. The number of rotatable bonds is 5. The highest BCUT2D eigenvalue weighted by molar-refractivity contribution is 8.04. The minimum absolute atomic E-state index is 0.00559. The summed E-state index contributed by atoms with van der Waals surface area (Å²) in [5, 5.41) is 10.9. The second kappa shape index (κ2) is 7.39. The standard InChI is InChI=1S/C16H15N3O5S/c1-3-23-16(21)12(15-17-11(20)8-25-15)14-19-18-13(24-14)9-4-6-10(22-2)7-5-9/h4-7H,3,8H2,1-2H3,(H,17,20)/b15-12-. The average molecular weight is 361 g/mol. The van der Waals surface area contributed by atoms with Crippen molar-refractivity contribution in [1.82, 2.24) is 15.5 Å². The zero-order valence-electron chi connectivity index (χ0n) is 13.6. The molecule has 1 N–H and O–H groups in total. The van der Waals surface area contributed by atoms with E-state index in [2.05, 4.69) is 15.5 Å². The SMILES string of the molecule is CCOC(=O)/C(=C1/NC(=O)CS1)c1nnc(-c2ccc(OC)cc2)o1. The lowest BCUT2D eigenvalue weighted by Crippen LogP contribution is -2.18. The summed E-state index contributed by atoms with van der Waals surface area (Å²) in [7, 11) is 1.57. The van der Waals surface area contributed by atoms with E-state index in [1.165, 1.54) is 11.8 Å². The Morgan fingerprint density at radius 3 is 2.68 bits per heavy atom. The van der Waals surface area contributed by atoms with Crippen LogP contribution in [0.25, 0.3) is 17.0 Å². The smallest absolute Gasteiger partial charge is 0.346 e. The van der Waals surface area contributed by atoms with Gasteiger partial charge in [0, 0.05) is 5.56 Å². The zero-order chi connectivity index (χ0) is 17.8. The van der Waals surface area contributed by atoms with E-state index in [9.17, 15) is 9.59 Å². The minimum Gasteiger partial charge on any atom is -0.497 e. The predicted molar refractivity (Wildman–Crippen MR) is 90.4 cm³/mol. The number of amides is 1. The Morgan fingerprint density at radius 1 is 1.32 bits per heavy atom. The summed E-state index contributed by atoms with van der Waals surface area (Å²) >= 11 is 1.19. The third-order valence-electron chi connectivity index (χ3n) is 3.28. The van der Waals surface area contributed by atoms with Crippen LogP contribution in [0.15, 0.2) is 33.7 Å². The molecule has 1 amide bonds. The van der Waals surface area contributed by atoms with Crippen molar-refractivity contribution >= 4 is 29.2 Å². The van der Waals surface area contributed by atoms with E-state index in [1.807, 2.05) is 0 Å². The first-order chi connectivity index (χ1) is 12.1. The second-order valence-electron chi connectivity index (χ2n) is 4.90. The molecule has 0 spiro atoms. The van der Waals surface area contributed by atoms with Crippen LogP contribution in [0.5, 0.6) is 5.75 Å². The van der Waals surface area contributed by atoms with Crippen LogP contribution in [0.4, 0.5) is 0 Å². The Hall–Kier alpha value is -2.81. The number of ether oxygens (including phenoxy) is 2. The van der Waals surface area contributed by atoms with Crippen LogP contribution in [-0.2, 0) is 14.3 Å². The Morgan fingerprint density at radius 2 is 2.08 bits per heavy atom. The normalized spacial score (nSPS) is 15.7. The number of aromatic nitrogens is 2. The van der Waals surface area contributed by atoms with Crippen LogP contribution in [0.1, 0.15) is 12.8 Å². The maximum atomic E-state index is 12.3. The molecular formula is C16H15N3O5S. The van der Waals surface area contributed by atoms with E-state index in [1.54, 1.807) is 38.3 Å². The Labute approximate surface area is 147 Å². The fraction of sp³-hybridized carbons (Fsp3) is 0.250. The molecule has 9 heteroatoms. The third-order valence-corrected chi connectivity index (χ3v) is 4.28. The van der Waals surface area contributed by atoms with Crippen molar-refractivity contribution in [3.63, 3.8) is 0 Å². The topological polar surface area (TPSA) is 104 Å².